The maximum Gasteiger partial charge on any atom is 0.222 e. The molecule has 5 heteroatoms. The lowest BCUT2D eigenvalue weighted by atomic mass is 10.1. The van der Waals surface area contributed by atoms with Gasteiger partial charge in [0.2, 0.25) is 5.88 Å². The molecular formula is C26H33N3O2. The molecule has 2 aromatic carbocycles. The number of aryl methyl sites for hydroxylation is 1. The fraction of sp³-hybridized carbons (Fsp3) is 0.423. The summed E-state index contributed by atoms with van der Waals surface area (Å²) in [4.78, 5) is 2.42. The van der Waals surface area contributed by atoms with E-state index in [0.717, 1.165) is 47.7 Å². The number of para-hydroxylation sites is 1. The van der Waals surface area contributed by atoms with Crippen molar-refractivity contribution >= 4 is 0 Å². The Kier molecular flexibility index (Phi) is 7.05. The third kappa shape index (κ3) is 5.54. The number of aromatic nitrogens is 2. The summed E-state index contributed by atoms with van der Waals surface area (Å²) in [7, 11) is 1.94. The molecule has 0 amide bonds. The van der Waals surface area contributed by atoms with Gasteiger partial charge in [0.15, 0.2) is 0 Å². The van der Waals surface area contributed by atoms with Crippen molar-refractivity contribution in [2.45, 2.75) is 57.7 Å². The summed E-state index contributed by atoms with van der Waals surface area (Å²) in [5, 5.41) is 15.4. The van der Waals surface area contributed by atoms with Crippen LogP contribution in [-0.2, 0) is 13.6 Å². The van der Waals surface area contributed by atoms with Gasteiger partial charge in [-0.15, -0.1) is 0 Å². The number of aliphatic hydroxyl groups excluding tert-OH is 1. The molecule has 0 aliphatic heterocycles. The lowest BCUT2D eigenvalue weighted by Crippen LogP contribution is -2.34. The molecule has 1 saturated carbocycles. The number of ether oxygens (including phenoxy) is 1. The van der Waals surface area contributed by atoms with Gasteiger partial charge in [0, 0.05) is 31.7 Å². The maximum atomic E-state index is 10.6. The highest BCUT2D eigenvalue weighted by Gasteiger charge is 2.32. The molecule has 0 radical (unpaired) electrons. The zero-order chi connectivity index (χ0) is 21.6. The quantitative estimate of drug-likeness (QED) is 0.452. The summed E-state index contributed by atoms with van der Waals surface area (Å²) < 4.78 is 8.16. The first-order valence-corrected chi connectivity index (χ1v) is 11.4. The minimum atomic E-state index is -0.295. The van der Waals surface area contributed by atoms with Gasteiger partial charge >= 0.3 is 0 Å². The van der Waals surface area contributed by atoms with Gasteiger partial charge in [0.1, 0.15) is 11.4 Å². The smallest absolute Gasteiger partial charge is 0.222 e. The molecule has 1 heterocycles. The van der Waals surface area contributed by atoms with Gasteiger partial charge in [-0.25, -0.2) is 4.68 Å². The second-order valence-electron chi connectivity index (χ2n) is 8.49. The molecule has 5 nitrogen and oxygen atoms in total. The van der Waals surface area contributed by atoms with Crippen LogP contribution in [0.3, 0.4) is 0 Å². The summed E-state index contributed by atoms with van der Waals surface area (Å²) in [6.45, 7) is 3.58. The second kappa shape index (κ2) is 10.1. The van der Waals surface area contributed by atoms with Crippen LogP contribution in [0.4, 0.5) is 0 Å². The van der Waals surface area contributed by atoms with Crippen molar-refractivity contribution in [3.63, 3.8) is 0 Å². The van der Waals surface area contributed by atoms with Gasteiger partial charge in [-0.1, -0.05) is 68.3 Å². The average molecular weight is 420 g/mol. The monoisotopic (exact) mass is 419 g/mol. The maximum absolute atomic E-state index is 10.6. The van der Waals surface area contributed by atoms with Crippen LogP contribution in [0, 0.1) is 0 Å². The first kappa shape index (κ1) is 21.6. The van der Waals surface area contributed by atoms with Gasteiger partial charge in [-0.05, 0) is 31.4 Å². The minimum absolute atomic E-state index is 0.295. The first-order valence-electron chi connectivity index (χ1n) is 11.4. The Hall–Kier alpha value is -2.63. The molecule has 4 rings (SSSR count). The molecule has 0 bridgehead atoms. The lowest BCUT2D eigenvalue weighted by molar-refractivity contribution is 0.0951. The Morgan fingerprint density at radius 2 is 1.77 bits per heavy atom. The zero-order valence-corrected chi connectivity index (χ0v) is 18.6. The highest BCUT2D eigenvalue weighted by atomic mass is 16.5. The van der Waals surface area contributed by atoms with Crippen LogP contribution in [0.5, 0.6) is 11.6 Å². The van der Waals surface area contributed by atoms with E-state index < -0.39 is 0 Å². The van der Waals surface area contributed by atoms with Crippen molar-refractivity contribution in [3.05, 3.63) is 66.2 Å². The van der Waals surface area contributed by atoms with Crippen LogP contribution in [0.15, 0.2) is 60.7 Å². The Labute approximate surface area is 185 Å². The van der Waals surface area contributed by atoms with Gasteiger partial charge in [-0.2, -0.15) is 5.10 Å². The third-order valence-corrected chi connectivity index (χ3v) is 5.85. The molecule has 1 aliphatic carbocycles. The van der Waals surface area contributed by atoms with E-state index in [2.05, 4.69) is 24.0 Å². The van der Waals surface area contributed by atoms with E-state index in [4.69, 9.17) is 9.84 Å². The Bertz CT molecular complexity index is 952. The minimum Gasteiger partial charge on any atom is -0.439 e. The fourth-order valence-corrected chi connectivity index (χ4v) is 4.04. The molecule has 0 saturated heterocycles. The molecule has 1 aliphatic rings. The van der Waals surface area contributed by atoms with E-state index in [9.17, 15) is 5.11 Å². The van der Waals surface area contributed by atoms with Crippen molar-refractivity contribution in [2.75, 3.05) is 6.54 Å². The molecule has 0 unspecified atom stereocenters. The van der Waals surface area contributed by atoms with Gasteiger partial charge in [0.05, 0.1) is 11.7 Å². The topological polar surface area (TPSA) is 50.5 Å². The Balaban J connectivity index is 1.66. The van der Waals surface area contributed by atoms with Crippen LogP contribution < -0.4 is 4.74 Å². The molecule has 1 fully saturated rings. The van der Waals surface area contributed by atoms with E-state index in [1.54, 1.807) is 0 Å². The number of rotatable bonds is 11. The van der Waals surface area contributed by atoms with Crippen molar-refractivity contribution in [1.82, 2.24) is 14.7 Å². The molecule has 0 spiro atoms. The van der Waals surface area contributed by atoms with Gasteiger partial charge in [-0.3, -0.25) is 4.90 Å². The summed E-state index contributed by atoms with van der Waals surface area (Å²) in [6.07, 6.45) is 5.11. The largest absolute Gasteiger partial charge is 0.439 e. The summed E-state index contributed by atoms with van der Waals surface area (Å²) in [5.41, 5.74) is 3.10. The number of benzene rings is 2. The van der Waals surface area contributed by atoms with Gasteiger partial charge < -0.3 is 9.84 Å². The highest BCUT2D eigenvalue weighted by Crippen LogP contribution is 2.37. The van der Waals surface area contributed by atoms with Crippen molar-refractivity contribution in [3.8, 4) is 22.9 Å². The van der Waals surface area contributed by atoms with Crippen LogP contribution in [0.25, 0.3) is 11.3 Å². The molecule has 3 aromatic rings. The Morgan fingerprint density at radius 1 is 1.10 bits per heavy atom. The van der Waals surface area contributed by atoms with Gasteiger partial charge in [0.25, 0.3) is 0 Å². The SMILES string of the molecule is CCCC[C@@H](O)CN(Cc1c(-c2ccccc2)nn(C)c1Oc1ccccc1)C1CC1. The van der Waals surface area contributed by atoms with Crippen molar-refractivity contribution in [1.29, 1.82) is 0 Å². The second-order valence-corrected chi connectivity index (χ2v) is 8.49. The van der Waals surface area contributed by atoms with E-state index in [-0.39, 0.29) is 6.10 Å². The van der Waals surface area contributed by atoms with Crippen LogP contribution in [-0.4, -0.2) is 38.5 Å². The molecule has 1 atom stereocenters. The molecule has 1 aromatic heterocycles. The van der Waals surface area contributed by atoms with Crippen molar-refractivity contribution < 1.29 is 9.84 Å². The van der Waals surface area contributed by atoms with E-state index in [1.165, 1.54) is 12.8 Å². The summed E-state index contributed by atoms with van der Waals surface area (Å²) in [5.74, 6) is 1.56. The van der Waals surface area contributed by atoms with E-state index >= 15 is 0 Å². The normalized spacial score (nSPS) is 14.7. The number of unbranched alkanes of at least 4 members (excludes halogenated alkanes) is 1. The van der Waals surface area contributed by atoms with Crippen LogP contribution >= 0.6 is 0 Å². The first-order chi connectivity index (χ1) is 15.2. The predicted molar refractivity (Wildman–Crippen MR) is 124 cm³/mol. The number of aliphatic hydroxyl groups is 1. The standard InChI is InChI=1S/C26H33N3O2/c1-3-4-13-22(30)18-29(21-16-17-21)19-24-25(20-11-7-5-8-12-20)27-28(2)26(24)31-23-14-9-6-10-15-23/h5-12,14-15,21-22,30H,3-4,13,16-19H2,1-2H3/t22-/m1/s1. The molecule has 1 N–H and O–H groups in total. The molecular weight excluding hydrogens is 386 g/mol. The van der Waals surface area contributed by atoms with E-state index in [0.29, 0.717) is 19.1 Å². The molecule has 164 valence electrons. The third-order valence-electron chi connectivity index (χ3n) is 5.85. The van der Waals surface area contributed by atoms with Crippen molar-refractivity contribution in [2.24, 2.45) is 7.05 Å². The predicted octanol–water partition coefficient (Wildman–Crippen LogP) is 5.39. The van der Waals surface area contributed by atoms with E-state index in [1.807, 2.05) is 60.3 Å². The lowest BCUT2D eigenvalue weighted by Gasteiger charge is -2.25. The average Bonchev–Trinajstić information content (AvgIpc) is 3.60. The zero-order valence-electron chi connectivity index (χ0n) is 18.6. The Morgan fingerprint density at radius 3 is 2.42 bits per heavy atom. The summed E-state index contributed by atoms with van der Waals surface area (Å²) >= 11 is 0. The van der Waals surface area contributed by atoms with Crippen LogP contribution in [0.2, 0.25) is 0 Å². The fourth-order valence-electron chi connectivity index (χ4n) is 4.04. The number of nitrogens with zero attached hydrogens (tertiary/aromatic N) is 3. The highest BCUT2D eigenvalue weighted by molar-refractivity contribution is 5.65. The number of hydrogen-bond acceptors (Lipinski definition) is 4. The van der Waals surface area contributed by atoms with Crippen LogP contribution in [0.1, 0.15) is 44.6 Å². The number of hydrogen-bond donors (Lipinski definition) is 1. The summed E-state index contributed by atoms with van der Waals surface area (Å²) in [6, 6.07) is 20.7. The molecule has 31 heavy (non-hydrogen) atoms.